The first kappa shape index (κ1) is 16.9. The van der Waals surface area contributed by atoms with Gasteiger partial charge in [0.15, 0.2) is 0 Å². The lowest BCUT2D eigenvalue weighted by Gasteiger charge is -2.34. The topological polar surface area (TPSA) is 36.4 Å². The number of amides is 1. The Balaban J connectivity index is 1.50. The molecule has 3 rings (SSSR count). The smallest absolute Gasteiger partial charge is 0.227 e. The van der Waals surface area contributed by atoms with Crippen molar-refractivity contribution in [3.8, 4) is 0 Å². The third-order valence-electron chi connectivity index (χ3n) is 4.13. The number of rotatable bonds is 4. The number of benzene rings is 1. The molecule has 1 amide bonds. The molecule has 126 valence electrons. The van der Waals surface area contributed by atoms with E-state index < -0.39 is 0 Å². The van der Waals surface area contributed by atoms with Crippen LogP contribution in [0.2, 0.25) is 5.15 Å². The van der Waals surface area contributed by atoms with Crippen molar-refractivity contribution in [2.45, 2.75) is 13.0 Å². The lowest BCUT2D eigenvalue weighted by atomic mass is 10.1. The highest BCUT2D eigenvalue weighted by Crippen LogP contribution is 2.12. The molecule has 4 nitrogen and oxygen atoms in total. The van der Waals surface area contributed by atoms with E-state index in [0.717, 1.165) is 25.3 Å². The van der Waals surface area contributed by atoms with Gasteiger partial charge in [0.1, 0.15) is 11.0 Å². The Kier molecular flexibility index (Phi) is 5.43. The Morgan fingerprint density at radius 3 is 2.58 bits per heavy atom. The van der Waals surface area contributed by atoms with Gasteiger partial charge in [0.2, 0.25) is 5.91 Å². The highest BCUT2D eigenvalue weighted by Gasteiger charge is 2.21. The number of carbonyl (C=O) groups excluding carboxylic acids is 1. The normalized spacial score (nSPS) is 15.5. The van der Waals surface area contributed by atoms with Crippen molar-refractivity contribution in [2.75, 3.05) is 26.2 Å². The molecule has 0 unspecified atom stereocenters. The molecule has 0 N–H and O–H groups in total. The molecule has 1 aliphatic heterocycles. The molecule has 0 radical (unpaired) electrons. The van der Waals surface area contributed by atoms with Gasteiger partial charge in [0.25, 0.3) is 0 Å². The summed E-state index contributed by atoms with van der Waals surface area (Å²) in [6.07, 6.45) is 0.244. The van der Waals surface area contributed by atoms with Gasteiger partial charge in [-0.1, -0.05) is 29.8 Å². The molecule has 0 spiro atoms. The second-order valence-electron chi connectivity index (χ2n) is 5.92. The standard InChI is InChI=1S/C18H19ClFN3O/c19-17-6-2-5-16(21-17)13-22-7-9-23(10-8-22)18(24)12-14-3-1-4-15(20)11-14/h1-6,11H,7-10,12-13H2. The number of pyridine rings is 1. The third-order valence-corrected chi connectivity index (χ3v) is 4.34. The lowest BCUT2D eigenvalue weighted by molar-refractivity contribution is -0.132. The molecule has 1 aromatic carbocycles. The summed E-state index contributed by atoms with van der Waals surface area (Å²) < 4.78 is 13.2. The van der Waals surface area contributed by atoms with Crippen LogP contribution in [0.5, 0.6) is 0 Å². The van der Waals surface area contributed by atoms with E-state index in [4.69, 9.17) is 11.6 Å². The molecule has 1 saturated heterocycles. The fourth-order valence-corrected chi connectivity index (χ4v) is 3.04. The van der Waals surface area contributed by atoms with E-state index in [9.17, 15) is 9.18 Å². The summed E-state index contributed by atoms with van der Waals surface area (Å²) >= 11 is 5.91. The Morgan fingerprint density at radius 2 is 1.88 bits per heavy atom. The van der Waals surface area contributed by atoms with Crippen LogP contribution >= 0.6 is 11.6 Å². The van der Waals surface area contributed by atoms with E-state index in [1.165, 1.54) is 12.1 Å². The molecule has 1 aliphatic rings. The second-order valence-corrected chi connectivity index (χ2v) is 6.30. The minimum atomic E-state index is -0.306. The molecule has 2 aromatic rings. The van der Waals surface area contributed by atoms with Crippen molar-refractivity contribution in [3.63, 3.8) is 0 Å². The van der Waals surface area contributed by atoms with Crippen LogP contribution in [0, 0.1) is 5.82 Å². The maximum absolute atomic E-state index is 13.2. The van der Waals surface area contributed by atoms with Crippen LogP contribution in [0.1, 0.15) is 11.3 Å². The summed E-state index contributed by atoms with van der Waals surface area (Å²) in [4.78, 5) is 20.7. The first-order chi connectivity index (χ1) is 11.6. The summed E-state index contributed by atoms with van der Waals surface area (Å²) in [7, 11) is 0. The van der Waals surface area contributed by atoms with E-state index in [1.54, 1.807) is 18.2 Å². The fourth-order valence-electron chi connectivity index (χ4n) is 2.86. The maximum Gasteiger partial charge on any atom is 0.227 e. The fraction of sp³-hybridized carbons (Fsp3) is 0.333. The van der Waals surface area contributed by atoms with E-state index >= 15 is 0 Å². The number of hydrogen-bond donors (Lipinski definition) is 0. The first-order valence-electron chi connectivity index (χ1n) is 7.96. The zero-order valence-corrected chi connectivity index (χ0v) is 14.0. The van der Waals surface area contributed by atoms with Crippen LogP contribution in [-0.2, 0) is 17.8 Å². The molecule has 1 fully saturated rings. The minimum Gasteiger partial charge on any atom is -0.340 e. The molecule has 24 heavy (non-hydrogen) atoms. The van der Waals surface area contributed by atoms with Crippen LogP contribution in [0.25, 0.3) is 0 Å². The molecule has 0 atom stereocenters. The highest BCUT2D eigenvalue weighted by atomic mass is 35.5. The van der Waals surface area contributed by atoms with Gasteiger partial charge in [-0.05, 0) is 29.8 Å². The molecule has 1 aromatic heterocycles. The Hall–Kier alpha value is -1.98. The maximum atomic E-state index is 13.2. The van der Waals surface area contributed by atoms with Crippen molar-refractivity contribution >= 4 is 17.5 Å². The summed E-state index contributed by atoms with van der Waals surface area (Å²) in [6, 6.07) is 11.8. The number of piperazine rings is 1. The summed E-state index contributed by atoms with van der Waals surface area (Å²) in [6.45, 7) is 3.67. The molecule has 0 saturated carbocycles. The predicted molar refractivity (Wildman–Crippen MR) is 91.2 cm³/mol. The zero-order chi connectivity index (χ0) is 16.9. The summed E-state index contributed by atoms with van der Waals surface area (Å²) in [5.41, 5.74) is 1.65. The molecular weight excluding hydrogens is 329 g/mol. The molecule has 0 bridgehead atoms. The van der Waals surface area contributed by atoms with Gasteiger partial charge in [-0.2, -0.15) is 0 Å². The van der Waals surface area contributed by atoms with E-state index in [-0.39, 0.29) is 18.1 Å². The summed E-state index contributed by atoms with van der Waals surface area (Å²) in [5, 5.41) is 0.497. The Labute approximate surface area is 145 Å². The van der Waals surface area contributed by atoms with Crippen LogP contribution in [0.3, 0.4) is 0 Å². The number of halogens is 2. The minimum absolute atomic E-state index is 0.0427. The monoisotopic (exact) mass is 347 g/mol. The average Bonchev–Trinajstić information content (AvgIpc) is 2.55. The van der Waals surface area contributed by atoms with Crippen molar-refractivity contribution < 1.29 is 9.18 Å². The molecule has 6 heteroatoms. The molecule has 2 heterocycles. The van der Waals surface area contributed by atoms with Crippen molar-refractivity contribution in [1.82, 2.24) is 14.8 Å². The van der Waals surface area contributed by atoms with E-state index in [1.807, 2.05) is 17.0 Å². The van der Waals surface area contributed by atoms with Gasteiger partial charge in [-0.15, -0.1) is 0 Å². The molecular formula is C18H19ClFN3O. The molecule has 0 aliphatic carbocycles. The van der Waals surface area contributed by atoms with Gasteiger partial charge < -0.3 is 4.90 Å². The average molecular weight is 348 g/mol. The van der Waals surface area contributed by atoms with Crippen molar-refractivity contribution in [2.24, 2.45) is 0 Å². The van der Waals surface area contributed by atoms with Gasteiger partial charge in [0.05, 0.1) is 12.1 Å². The van der Waals surface area contributed by atoms with Gasteiger partial charge in [0, 0.05) is 32.7 Å². The number of nitrogens with zero attached hydrogens (tertiary/aromatic N) is 3. The lowest BCUT2D eigenvalue weighted by Crippen LogP contribution is -2.48. The van der Waals surface area contributed by atoms with Crippen molar-refractivity contribution in [3.05, 3.63) is 64.7 Å². The van der Waals surface area contributed by atoms with Gasteiger partial charge in [-0.25, -0.2) is 9.37 Å². The quantitative estimate of drug-likeness (QED) is 0.798. The van der Waals surface area contributed by atoms with Crippen LogP contribution in [0.15, 0.2) is 42.5 Å². The van der Waals surface area contributed by atoms with Crippen LogP contribution < -0.4 is 0 Å². The number of carbonyl (C=O) groups is 1. The number of hydrogen-bond acceptors (Lipinski definition) is 3. The summed E-state index contributed by atoms with van der Waals surface area (Å²) in [5.74, 6) is -0.264. The van der Waals surface area contributed by atoms with Gasteiger partial charge >= 0.3 is 0 Å². The second kappa shape index (κ2) is 7.73. The first-order valence-corrected chi connectivity index (χ1v) is 8.34. The van der Waals surface area contributed by atoms with E-state index in [2.05, 4.69) is 9.88 Å². The SMILES string of the molecule is O=C(Cc1cccc(F)c1)N1CCN(Cc2cccc(Cl)n2)CC1. The predicted octanol–water partition coefficient (Wildman–Crippen LogP) is 2.76. The largest absolute Gasteiger partial charge is 0.340 e. The highest BCUT2D eigenvalue weighted by molar-refractivity contribution is 6.29. The van der Waals surface area contributed by atoms with Crippen LogP contribution in [0.4, 0.5) is 4.39 Å². The van der Waals surface area contributed by atoms with Gasteiger partial charge in [-0.3, -0.25) is 9.69 Å². The zero-order valence-electron chi connectivity index (χ0n) is 13.3. The van der Waals surface area contributed by atoms with Crippen LogP contribution in [-0.4, -0.2) is 46.9 Å². The number of aromatic nitrogens is 1. The Bertz CT molecular complexity index is 717. The van der Waals surface area contributed by atoms with E-state index in [0.29, 0.717) is 23.8 Å². The Morgan fingerprint density at radius 1 is 1.12 bits per heavy atom. The third kappa shape index (κ3) is 4.52. The van der Waals surface area contributed by atoms with Crippen molar-refractivity contribution in [1.29, 1.82) is 0 Å².